The van der Waals surface area contributed by atoms with E-state index in [1.165, 1.54) is 0 Å². The molecule has 1 aromatic heterocycles. The maximum absolute atomic E-state index is 12.8. The summed E-state index contributed by atoms with van der Waals surface area (Å²) >= 11 is 1.93. The Kier molecular flexibility index (Phi) is 6.20. The molecule has 2 aliphatic rings. The minimum Gasteiger partial charge on any atom is -0.353 e. The summed E-state index contributed by atoms with van der Waals surface area (Å²) in [5.41, 5.74) is -1.62. The lowest BCUT2D eigenvalue weighted by Gasteiger charge is -2.43. The first-order valence-corrected chi connectivity index (χ1v) is 10.3. The first-order chi connectivity index (χ1) is 12.8. The first kappa shape index (κ1) is 20.3. The smallest absolute Gasteiger partial charge is 0.353 e. The maximum Gasteiger partial charge on any atom is 0.417 e. The molecule has 5 nitrogen and oxygen atoms in total. The van der Waals surface area contributed by atoms with Crippen molar-refractivity contribution in [1.82, 2.24) is 14.8 Å². The number of aromatic nitrogens is 1. The molecule has 1 saturated heterocycles. The Morgan fingerprint density at radius 2 is 1.85 bits per heavy atom. The van der Waals surface area contributed by atoms with Crippen molar-refractivity contribution in [2.75, 3.05) is 31.1 Å². The molecule has 2 heterocycles. The second-order valence-corrected chi connectivity index (χ2v) is 8.41. The third-order valence-electron chi connectivity index (χ3n) is 5.46. The molecule has 27 heavy (non-hydrogen) atoms. The summed E-state index contributed by atoms with van der Waals surface area (Å²) in [5, 5.41) is 2.87. The first-order valence-electron chi connectivity index (χ1n) is 9.17. The average Bonchev–Trinajstić information content (AvgIpc) is 3.12. The van der Waals surface area contributed by atoms with Crippen molar-refractivity contribution in [1.29, 1.82) is 0 Å². The van der Waals surface area contributed by atoms with Crippen LogP contribution in [0.5, 0.6) is 0 Å². The number of carbonyl (C=O) groups excluding carboxylic acids is 1. The molecule has 2 fully saturated rings. The van der Waals surface area contributed by atoms with Crippen LogP contribution in [0.25, 0.3) is 0 Å². The summed E-state index contributed by atoms with van der Waals surface area (Å²) in [6.07, 6.45) is 0.420. The third-order valence-corrected chi connectivity index (χ3v) is 6.40. The Hall–Kier alpha value is -1.48. The normalized spacial score (nSPS) is 20.6. The SMILES string of the molecule is O=C(Cn1cc(C(F)(F)F)ccc1=O)NCC1(N2CCSCC2)CCCC1. The van der Waals surface area contributed by atoms with Gasteiger partial charge in [-0.25, -0.2) is 0 Å². The van der Waals surface area contributed by atoms with Crippen molar-refractivity contribution in [3.63, 3.8) is 0 Å². The maximum atomic E-state index is 12.8. The van der Waals surface area contributed by atoms with Crippen LogP contribution in [0.4, 0.5) is 13.2 Å². The number of halogens is 3. The number of thioether (sulfide) groups is 1. The Balaban J connectivity index is 1.64. The predicted molar refractivity (Wildman–Crippen MR) is 98.8 cm³/mol. The molecule has 1 saturated carbocycles. The molecule has 1 aliphatic carbocycles. The minimum atomic E-state index is -4.55. The summed E-state index contributed by atoms with van der Waals surface area (Å²) in [6.45, 7) is 2.06. The fraction of sp³-hybridized carbons (Fsp3) is 0.667. The van der Waals surface area contributed by atoms with Gasteiger partial charge in [-0.05, 0) is 18.9 Å². The van der Waals surface area contributed by atoms with Gasteiger partial charge in [0.2, 0.25) is 5.91 Å². The van der Waals surface area contributed by atoms with Gasteiger partial charge in [-0.15, -0.1) is 0 Å². The van der Waals surface area contributed by atoms with Crippen LogP contribution in [0.1, 0.15) is 31.2 Å². The number of nitrogens with one attached hydrogen (secondary N) is 1. The monoisotopic (exact) mass is 403 g/mol. The van der Waals surface area contributed by atoms with Crippen LogP contribution >= 0.6 is 11.8 Å². The van der Waals surface area contributed by atoms with Crippen LogP contribution in [0.3, 0.4) is 0 Å². The van der Waals surface area contributed by atoms with Crippen LogP contribution in [0.2, 0.25) is 0 Å². The molecule has 1 amide bonds. The van der Waals surface area contributed by atoms with Gasteiger partial charge in [0.05, 0.1) is 5.56 Å². The molecule has 0 radical (unpaired) electrons. The van der Waals surface area contributed by atoms with E-state index in [2.05, 4.69) is 10.2 Å². The molecule has 1 aliphatic heterocycles. The van der Waals surface area contributed by atoms with E-state index in [1.807, 2.05) is 11.8 Å². The summed E-state index contributed by atoms with van der Waals surface area (Å²) in [6, 6.07) is 1.58. The van der Waals surface area contributed by atoms with Gasteiger partial charge < -0.3 is 9.88 Å². The second kappa shape index (κ2) is 8.26. The van der Waals surface area contributed by atoms with Crippen molar-refractivity contribution >= 4 is 17.7 Å². The lowest BCUT2D eigenvalue weighted by Crippen LogP contribution is -2.56. The van der Waals surface area contributed by atoms with Gasteiger partial charge in [-0.1, -0.05) is 12.8 Å². The van der Waals surface area contributed by atoms with Gasteiger partial charge in [0.25, 0.3) is 5.56 Å². The topological polar surface area (TPSA) is 54.3 Å². The van der Waals surface area contributed by atoms with Gasteiger partial charge in [0.1, 0.15) is 6.54 Å². The molecule has 0 aromatic carbocycles. The highest BCUT2D eigenvalue weighted by Gasteiger charge is 2.40. The highest BCUT2D eigenvalue weighted by molar-refractivity contribution is 7.99. The van der Waals surface area contributed by atoms with Crippen molar-refractivity contribution in [2.24, 2.45) is 0 Å². The molecule has 0 bridgehead atoms. The number of carbonyl (C=O) groups is 1. The fourth-order valence-electron chi connectivity index (χ4n) is 3.97. The standard InChI is InChI=1S/C18H24F3N3O2S/c19-18(20,21)14-3-4-16(26)23(11-14)12-15(25)22-13-17(5-1-2-6-17)24-7-9-27-10-8-24/h3-4,11H,1-2,5-10,12-13H2,(H,22,25). The van der Waals surface area contributed by atoms with Gasteiger partial charge in [0, 0.05) is 48.9 Å². The molecule has 1 N–H and O–H groups in total. The molecule has 0 atom stereocenters. The van der Waals surface area contributed by atoms with Crippen molar-refractivity contribution in [3.8, 4) is 0 Å². The summed E-state index contributed by atoms with van der Waals surface area (Å²) in [7, 11) is 0. The number of nitrogens with zero attached hydrogens (tertiary/aromatic N) is 2. The number of hydrogen-bond acceptors (Lipinski definition) is 4. The fourth-order valence-corrected chi connectivity index (χ4v) is 4.88. The van der Waals surface area contributed by atoms with E-state index in [9.17, 15) is 22.8 Å². The Bertz CT molecular complexity index is 723. The van der Waals surface area contributed by atoms with Gasteiger partial charge >= 0.3 is 6.18 Å². The third kappa shape index (κ3) is 4.87. The van der Waals surface area contributed by atoms with E-state index in [4.69, 9.17) is 0 Å². The van der Waals surface area contributed by atoms with Crippen molar-refractivity contribution in [3.05, 3.63) is 34.2 Å². The lowest BCUT2D eigenvalue weighted by molar-refractivity contribution is -0.138. The number of alkyl halides is 3. The Labute approximate surface area is 160 Å². The largest absolute Gasteiger partial charge is 0.417 e. The molecule has 9 heteroatoms. The van der Waals surface area contributed by atoms with Crippen LogP contribution in [-0.4, -0.2) is 52.1 Å². The van der Waals surface area contributed by atoms with Gasteiger partial charge in [0.15, 0.2) is 0 Å². The van der Waals surface area contributed by atoms with Crippen LogP contribution in [0.15, 0.2) is 23.1 Å². The summed E-state index contributed by atoms with van der Waals surface area (Å²) in [4.78, 5) is 26.6. The zero-order valence-electron chi connectivity index (χ0n) is 15.1. The zero-order chi connectivity index (χ0) is 19.5. The number of hydrogen-bond donors (Lipinski definition) is 1. The van der Waals surface area contributed by atoms with Crippen molar-refractivity contribution in [2.45, 2.75) is 43.9 Å². The highest BCUT2D eigenvalue weighted by atomic mass is 32.2. The minimum absolute atomic E-state index is 0.0601. The van der Waals surface area contributed by atoms with E-state index in [1.54, 1.807) is 0 Å². The molecule has 150 valence electrons. The molecule has 3 rings (SSSR count). The van der Waals surface area contributed by atoms with Crippen LogP contribution in [0, 0.1) is 0 Å². The Morgan fingerprint density at radius 1 is 1.19 bits per heavy atom. The van der Waals surface area contributed by atoms with Crippen molar-refractivity contribution < 1.29 is 18.0 Å². The second-order valence-electron chi connectivity index (χ2n) is 7.19. The lowest BCUT2D eigenvalue weighted by atomic mass is 9.94. The molecule has 1 aromatic rings. The number of amides is 1. The molecule has 0 unspecified atom stereocenters. The number of rotatable bonds is 5. The van der Waals surface area contributed by atoms with Gasteiger partial charge in [-0.2, -0.15) is 24.9 Å². The summed E-state index contributed by atoms with van der Waals surface area (Å²) < 4.78 is 39.3. The van der Waals surface area contributed by atoms with E-state index in [0.29, 0.717) is 12.7 Å². The van der Waals surface area contributed by atoms with E-state index in [-0.39, 0.29) is 5.54 Å². The van der Waals surface area contributed by atoms with E-state index in [0.717, 1.165) is 67.0 Å². The summed E-state index contributed by atoms with van der Waals surface area (Å²) in [5.74, 6) is 1.72. The average molecular weight is 403 g/mol. The molecular formula is C18H24F3N3O2S. The highest BCUT2D eigenvalue weighted by Crippen LogP contribution is 2.36. The van der Waals surface area contributed by atoms with Crippen LogP contribution < -0.4 is 10.9 Å². The quantitative estimate of drug-likeness (QED) is 0.820. The molecular weight excluding hydrogens is 379 g/mol. The van der Waals surface area contributed by atoms with E-state index < -0.39 is 29.8 Å². The predicted octanol–water partition coefficient (Wildman–Crippen LogP) is 2.34. The van der Waals surface area contributed by atoms with Gasteiger partial charge in [-0.3, -0.25) is 14.5 Å². The van der Waals surface area contributed by atoms with E-state index >= 15 is 0 Å². The van der Waals surface area contributed by atoms with Crippen LogP contribution in [-0.2, 0) is 17.5 Å². The Morgan fingerprint density at radius 3 is 2.48 bits per heavy atom. The molecule has 0 spiro atoms. The number of pyridine rings is 1. The zero-order valence-corrected chi connectivity index (χ0v) is 15.9.